The Hall–Kier alpha value is -4.29. The SMILES string of the molecule is COc1cc(F)ccc1C(c1ccc(F)cc1)N1C[C@H](C)N(c2cc(=O)n(C)c3ccc(C#N)nc23)CC1C. The van der Waals surface area contributed by atoms with Crippen molar-refractivity contribution in [2.75, 3.05) is 25.1 Å². The molecular formula is C30H29F2N5O2. The van der Waals surface area contributed by atoms with Crippen LogP contribution in [-0.2, 0) is 7.05 Å². The lowest BCUT2D eigenvalue weighted by atomic mass is 9.92. The van der Waals surface area contributed by atoms with Crippen molar-refractivity contribution in [1.29, 1.82) is 5.26 Å². The maximum absolute atomic E-state index is 14.1. The molecule has 1 aliphatic heterocycles. The topological polar surface area (TPSA) is 74.4 Å². The summed E-state index contributed by atoms with van der Waals surface area (Å²) in [7, 11) is 3.20. The third kappa shape index (κ3) is 4.84. The van der Waals surface area contributed by atoms with Crippen LogP contribution >= 0.6 is 0 Å². The number of anilines is 1. The number of pyridine rings is 2. The molecule has 0 aliphatic carbocycles. The second-order valence-corrected chi connectivity index (χ2v) is 9.99. The quantitative estimate of drug-likeness (QED) is 0.371. The summed E-state index contributed by atoms with van der Waals surface area (Å²) in [5, 5.41) is 9.45. The highest BCUT2D eigenvalue weighted by Gasteiger charge is 2.37. The average molecular weight is 530 g/mol. The molecule has 7 nitrogen and oxygen atoms in total. The van der Waals surface area contributed by atoms with E-state index in [1.54, 1.807) is 43.4 Å². The highest BCUT2D eigenvalue weighted by atomic mass is 19.1. The van der Waals surface area contributed by atoms with Gasteiger partial charge in [-0.25, -0.2) is 13.8 Å². The molecule has 0 saturated carbocycles. The van der Waals surface area contributed by atoms with Crippen molar-refractivity contribution in [3.8, 4) is 11.8 Å². The van der Waals surface area contributed by atoms with E-state index in [2.05, 4.69) is 34.7 Å². The van der Waals surface area contributed by atoms with Gasteiger partial charge in [0, 0.05) is 49.9 Å². The van der Waals surface area contributed by atoms with Crippen molar-refractivity contribution < 1.29 is 13.5 Å². The molecule has 5 rings (SSSR count). The first-order valence-electron chi connectivity index (χ1n) is 12.7. The summed E-state index contributed by atoms with van der Waals surface area (Å²) in [5.41, 5.74) is 3.68. The second-order valence-electron chi connectivity index (χ2n) is 9.99. The number of benzene rings is 2. The van der Waals surface area contributed by atoms with Gasteiger partial charge in [0.2, 0.25) is 0 Å². The molecule has 1 saturated heterocycles. The minimum atomic E-state index is -0.401. The predicted molar refractivity (Wildman–Crippen MR) is 146 cm³/mol. The van der Waals surface area contributed by atoms with Gasteiger partial charge in [-0.2, -0.15) is 5.26 Å². The normalized spacial score (nSPS) is 18.6. The summed E-state index contributed by atoms with van der Waals surface area (Å²) in [6.07, 6.45) is 0. The van der Waals surface area contributed by atoms with Crippen LogP contribution in [0.1, 0.15) is 36.7 Å². The number of halogens is 2. The first-order chi connectivity index (χ1) is 18.7. The number of methoxy groups -OCH3 is 1. The zero-order chi connectivity index (χ0) is 27.8. The molecule has 0 spiro atoms. The Balaban J connectivity index is 1.58. The zero-order valence-corrected chi connectivity index (χ0v) is 22.2. The standard InChI is InChI=1S/C30H29F2N5O2/c1-18-17-37(30(20-5-7-21(31)8-6-20)24-11-9-22(32)13-27(24)39-4)19(2)16-36(18)26-14-28(38)35(3)25-12-10-23(15-33)34-29(25)26/h5-14,18-19,30H,16-17H2,1-4H3/t18-,19?,30?/m0/s1. The van der Waals surface area contributed by atoms with Crippen LogP contribution in [-0.4, -0.2) is 46.7 Å². The summed E-state index contributed by atoms with van der Waals surface area (Å²) in [5.74, 6) is -0.324. The lowest BCUT2D eigenvalue weighted by Gasteiger charge is -2.48. The lowest BCUT2D eigenvalue weighted by Crippen LogP contribution is -2.57. The van der Waals surface area contributed by atoms with Gasteiger partial charge in [-0.1, -0.05) is 18.2 Å². The molecule has 0 N–H and O–H groups in total. The first kappa shape index (κ1) is 26.3. The number of rotatable bonds is 5. The number of aromatic nitrogens is 2. The van der Waals surface area contributed by atoms with Gasteiger partial charge in [0.25, 0.3) is 5.56 Å². The minimum absolute atomic E-state index is 0.0377. The van der Waals surface area contributed by atoms with Crippen LogP contribution in [0.3, 0.4) is 0 Å². The van der Waals surface area contributed by atoms with Gasteiger partial charge in [-0.3, -0.25) is 9.69 Å². The maximum Gasteiger partial charge on any atom is 0.252 e. The van der Waals surface area contributed by atoms with Crippen LogP contribution in [0.25, 0.3) is 11.0 Å². The molecule has 2 aromatic carbocycles. The molecule has 1 fully saturated rings. The van der Waals surface area contributed by atoms with E-state index in [1.165, 1.54) is 35.9 Å². The van der Waals surface area contributed by atoms with Gasteiger partial charge in [0.1, 0.15) is 34.7 Å². The molecule has 3 heterocycles. The molecule has 2 unspecified atom stereocenters. The van der Waals surface area contributed by atoms with Gasteiger partial charge in [-0.15, -0.1) is 0 Å². The molecule has 39 heavy (non-hydrogen) atoms. The summed E-state index contributed by atoms with van der Waals surface area (Å²) < 4.78 is 35.1. The van der Waals surface area contributed by atoms with Gasteiger partial charge < -0.3 is 14.2 Å². The van der Waals surface area contributed by atoms with Crippen molar-refractivity contribution in [2.45, 2.75) is 32.0 Å². The third-order valence-electron chi connectivity index (χ3n) is 7.53. The van der Waals surface area contributed by atoms with Crippen molar-refractivity contribution >= 4 is 16.7 Å². The minimum Gasteiger partial charge on any atom is -0.496 e. The van der Waals surface area contributed by atoms with Crippen molar-refractivity contribution in [3.05, 3.63) is 99.5 Å². The van der Waals surface area contributed by atoms with Gasteiger partial charge in [0.05, 0.1) is 24.4 Å². The van der Waals surface area contributed by atoms with Gasteiger partial charge in [-0.05, 0) is 49.7 Å². The van der Waals surface area contributed by atoms with E-state index in [9.17, 15) is 18.8 Å². The van der Waals surface area contributed by atoms with Crippen molar-refractivity contribution in [1.82, 2.24) is 14.5 Å². The number of aryl methyl sites for hydroxylation is 1. The fourth-order valence-corrected chi connectivity index (χ4v) is 5.55. The predicted octanol–water partition coefficient (Wildman–Crippen LogP) is 4.78. The monoisotopic (exact) mass is 529 g/mol. The Kier molecular flexibility index (Phi) is 7.06. The fourth-order valence-electron chi connectivity index (χ4n) is 5.55. The highest BCUT2D eigenvalue weighted by molar-refractivity contribution is 5.89. The molecule has 0 radical (unpaired) electrons. The van der Waals surface area contributed by atoms with E-state index in [4.69, 9.17) is 4.74 Å². The Bertz CT molecular complexity index is 1630. The van der Waals surface area contributed by atoms with E-state index >= 15 is 0 Å². The zero-order valence-electron chi connectivity index (χ0n) is 22.2. The fraction of sp³-hybridized carbons (Fsp3) is 0.300. The molecule has 0 amide bonds. The van der Waals surface area contributed by atoms with Crippen molar-refractivity contribution in [2.24, 2.45) is 7.05 Å². The number of fused-ring (bicyclic) bond motifs is 1. The largest absolute Gasteiger partial charge is 0.496 e. The Labute approximate surface area is 225 Å². The Morgan fingerprint density at radius 1 is 1.00 bits per heavy atom. The number of nitriles is 1. The van der Waals surface area contributed by atoms with Crippen LogP contribution in [0.15, 0.2) is 65.5 Å². The van der Waals surface area contributed by atoms with E-state index in [-0.39, 0.29) is 35.2 Å². The summed E-state index contributed by atoms with van der Waals surface area (Å²) in [6.45, 7) is 5.30. The lowest BCUT2D eigenvalue weighted by molar-refractivity contribution is 0.128. The first-order valence-corrected chi connectivity index (χ1v) is 12.7. The molecule has 0 bridgehead atoms. The van der Waals surface area contributed by atoms with E-state index in [0.29, 0.717) is 35.6 Å². The molecule has 9 heteroatoms. The van der Waals surface area contributed by atoms with Gasteiger partial charge >= 0.3 is 0 Å². The second kappa shape index (κ2) is 10.5. The maximum atomic E-state index is 14.1. The van der Waals surface area contributed by atoms with E-state index in [0.717, 1.165) is 11.1 Å². The van der Waals surface area contributed by atoms with Crippen LogP contribution < -0.4 is 15.2 Å². The third-order valence-corrected chi connectivity index (χ3v) is 7.53. The molecule has 3 atom stereocenters. The highest BCUT2D eigenvalue weighted by Crippen LogP contribution is 2.39. The average Bonchev–Trinajstić information content (AvgIpc) is 2.94. The van der Waals surface area contributed by atoms with Crippen LogP contribution in [0.2, 0.25) is 0 Å². The smallest absolute Gasteiger partial charge is 0.252 e. The Morgan fingerprint density at radius 2 is 1.72 bits per heavy atom. The van der Waals surface area contributed by atoms with E-state index in [1.807, 2.05) is 0 Å². The number of hydrogen-bond donors (Lipinski definition) is 0. The van der Waals surface area contributed by atoms with Crippen LogP contribution in [0.4, 0.5) is 14.5 Å². The molecule has 2 aromatic heterocycles. The van der Waals surface area contributed by atoms with Crippen molar-refractivity contribution in [3.63, 3.8) is 0 Å². The van der Waals surface area contributed by atoms with E-state index < -0.39 is 5.82 Å². The summed E-state index contributed by atoms with van der Waals surface area (Å²) in [6, 6.07) is 17.4. The summed E-state index contributed by atoms with van der Waals surface area (Å²) >= 11 is 0. The molecule has 200 valence electrons. The molecular weight excluding hydrogens is 500 g/mol. The van der Waals surface area contributed by atoms with Crippen LogP contribution in [0.5, 0.6) is 5.75 Å². The van der Waals surface area contributed by atoms with Gasteiger partial charge in [0.15, 0.2) is 0 Å². The molecule has 4 aromatic rings. The molecule has 1 aliphatic rings. The number of piperazine rings is 1. The van der Waals surface area contributed by atoms with Crippen LogP contribution in [0, 0.1) is 23.0 Å². The number of nitrogens with zero attached hydrogens (tertiary/aromatic N) is 5. The Morgan fingerprint density at radius 3 is 2.41 bits per heavy atom. The summed E-state index contributed by atoms with van der Waals surface area (Å²) in [4.78, 5) is 21.9. The number of hydrogen-bond acceptors (Lipinski definition) is 6. The number of ether oxygens (including phenoxy) is 1.